The molecule has 6 heteroatoms. The van der Waals surface area contributed by atoms with E-state index in [1.807, 2.05) is 0 Å². The minimum absolute atomic E-state index is 0.00186. The molecule has 0 aliphatic heterocycles. The van der Waals surface area contributed by atoms with Crippen LogP contribution in [0.15, 0.2) is 46.9 Å². The molecule has 2 aromatic carbocycles. The van der Waals surface area contributed by atoms with Gasteiger partial charge in [-0.05, 0) is 22.0 Å². The molecule has 0 saturated heterocycles. The number of anilines is 1. The topological polar surface area (TPSA) is 35.2 Å². The molecule has 2 aromatic rings. The molecule has 2 N–H and O–H groups in total. The van der Waals surface area contributed by atoms with Crippen molar-refractivity contribution in [2.75, 3.05) is 12.3 Å². The molecule has 0 spiro atoms. The summed E-state index contributed by atoms with van der Waals surface area (Å²) in [5, 5.41) is 0. The van der Waals surface area contributed by atoms with Crippen LogP contribution in [0.2, 0.25) is 0 Å². The lowest BCUT2D eigenvalue weighted by molar-refractivity contribution is -0.0467. The molecule has 0 fully saturated rings. The van der Waals surface area contributed by atoms with E-state index in [2.05, 4.69) is 15.9 Å². The van der Waals surface area contributed by atoms with E-state index in [1.54, 1.807) is 6.07 Å². The van der Waals surface area contributed by atoms with Crippen LogP contribution >= 0.6 is 15.9 Å². The van der Waals surface area contributed by atoms with E-state index >= 15 is 0 Å². The summed E-state index contributed by atoms with van der Waals surface area (Å²) in [6, 6.07) is 9.43. The molecule has 0 bridgehead atoms. The van der Waals surface area contributed by atoms with E-state index in [0.717, 1.165) is 12.1 Å². The number of benzene rings is 2. The van der Waals surface area contributed by atoms with Crippen molar-refractivity contribution >= 4 is 21.6 Å². The second kappa shape index (κ2) is 5.75. The first-order chi connectivity index (χ1) is 9.40. The molecular weight excluding hydrogens is 335 g/mol. The Hall–Kier alpha value is -1.69. The van der Waals surface area contributed by atoms with Crippen LogP contribution in [0.1, 0.15) is 5.56 Å². The fourth-order valence-corrected chi connectivity index (χ4v) is 2.22. The van der Waals surface area contributed by atoms with Gasteiger partial charge in [-0.3, -0.25) is 0 Å². The summed E-state index contributed by atoms with van der Waals surface area (Å²) >= 11 is 3.03. The summed E-state index contributed by atoms with van der Waals surface area (Å²) in [7, 11) is 0. The lowest BCUT2D eigenvalue weighted by atomic mass is 10.1. The Morgan fingerprint density at radius 3 is 2.40 bits per heavy atom. The molecule has 0 saturated carbocycles. The Morgan fingerprint density at radius 1 is 1.15 bits per heavy atom. The van der Waals surface area contributed by atoms with Crippen molar-refractivity contribution in [3.8, 4) is 5.75 Å². The molecule has 20 heavy (non-hydrogen) atoms. The number of alkyl halides is 2. The van der Waals surface area contributed by atoms with Gasteiger partial charge in [0.1, 0.15) is 5.82 Å². The van der Waals surface area contributed by atoms with Crippen molar-refractivity contribution in [3.05, 3.63) is 58.3 Å². The highest BCUT2D eigenvalue weighted by Crippen LogP contribution is 2.35. The Morgan fingerprint density at radius 2 is 1.80 bits per heavy atom. The lowest BCUT2D eigenvalue weighted by Gasteiger charge is -2.19. The first-order valence-corrected chi connectivity index (χ1v) is 6.50. The third kappa shape index (κ3) is 3.25. The van der Waals surface area contributed by atoms with Gasteiger partial charge in [0.25, 0.3) is 0 Å². The largest absolute Gasteiger partial charge is 0.484 e. The van der Waals surface area contributed by atoms with Gasteiger partial charge in [-0.2, -0.15) is 8.78 Å². The smallest absolute Gasteiger partial charge is 0.306 e. The van der Waals surface area contributed by atoms with Gasteiger partial charge in [0, 0.05) is 11.6 Å². The zero-order valence-electron chi connectivity index (χ0n) is 10.2. The van der Waals surface area contributed by atoms with Crippen LogP contribution in [0, 0.1) is 5.82 Å². The van der Waals surface area contributed by atoms with Crippen molar-refractivity contribution in [2.45, 2.75) is 5.92 Å². The van der Waals surface area contributed by atoms with E-state index in [0.29, 0.717) is 0 Å². The van der Waals surface area contributed by atoms with Crippen LogP contribution in [0.5, 0.6) is 5.75 Å². The van der Waals surface area contributed by atoms with Crippen molar-refractivity contribution in [3.63, 3.8) is 0 Å². The summed E-state index contributed by atoms with van der Waals surface area (Å²) in [5.41, 5.74) is 5.35. The van der Waals surface area contributed by atoms with E-state index in [9.17, 15) is 13.2 Å². The molecule has 0 amide bonds. The summed E-state index contributed by atoms with van der Waals surface area (Å²) in [5.74, 6) is -3.74. The third-order valence-electron chi connectivity index (χ3n) is 2.63. The first kappa shape index (κ1) is 14.7. The lowest BCUT2D eigenvalue weighted by Crippen LogP contribution is -2.23. The molecule has 2 rings (SSSR count). The van der Waals surface area contributed by atoms with Crippen LogP contribution < -0.4 is 10.5 Å². The van der Waals surface area contributed by atoms with Crippen LogP contribution in [0.4, 0.5) is 18.9 Å². The van der Waals surface area contributed by atoms with Crippen LogP contribution in [-0.4, -0.2) is 6.61 Å². The van der Waals surface area contributed by atoms with Crippen molar-refractivity contribution in [1.82, 2.24) is 0 Å². The highest BCUT2D eigenvalue weighted by molar-refractivity contribution is 9.10. The summed E-state index contributed by atoms with van der Waals surface area (Å²) in [4.78, 5) is 0. The standard InChI is InChI=1S/C14H11BrF3NO/c15-11-6-10(16)7-12(19)13(11)20-8-14(17,18)9-4-2-1-3-5-9/h1-7H,8,19H2. The van der Waals surface area contributed by atoms with Crippen LogP contribution in [0.25, 0.3) is 0 Å². The summed E-state index contributed by atoms with van der Waals surface area (Å²) in [6.45, 7) is -0.883. The maximum atomic E-state index is 13.9. The quantitative estimate of drug-likeness (QED) is 0.836. The Bertz CT molecular complexity index is 582. The molecular formula is C14H11BrF3NO. The molecule has 2 nitrogen and oxygen atoms in total. The van der Waals surface area contributed by atoms with Gasteiger partial charge < -0.3 is 10.5 Å². The van der Waals surface area contributed by atoms with Crippen molar-refractivity contribution in [1.29, 1.82) is 0 Å². The molecule has 0 atom stereocenters. The van der Waals surface area contributed by atoms with Gasteiger partial charge in [0.05, 0.1) is 10.2 Å². The minimum atomic E-state index is -3.17. The van der Waals surface area contributed by atoms with Gasteiger partial charge >= 0.3 is 5.92 Å². The summed E-state index contributed by atoms with van der Waals surface area (Å²) < 4.78 is 46.1. The third-order valence-corrected chi connectivity index (χ3v) is 3.22. The molecule has 0 radical (unpaired) electrons. The van der Waals surface area contributed by atoms with Crippen molar-refractivity contribution < 1.29 is 17.9 Å². The predicted molar refractivity (Wildman–Crippen MR) is 74.3 cm³/mol. The number of ether oxygens (including phenoxy) is 1. The minimum Gasteiger partial charge on any atom is -0.484 e. The average Bonchev–Trinajstić information content (AvgIpc) is 2.38. The number of hydrogen-bond acceptors (Lipinski definition) is 2. The number of rotatable bonds is 4. The predicted octanol–water partition coefficient (Wildman–Crippen LogP) is 4.34. The fourth-order valence-electron chi connectivity index (χ4n) is 1.66. The molecule has 0 aromatic heterocycles. The highest BCUT2D eigenvalue weighted by Gasteiger charge is 2.33. The van der Waals surface area contributed by atoms with E-state index < -0.39 is 18.3 Å². The van der Waals surface area contributed by atoms with Crippen LogP contribution in [0.3, 0.4) is 0 Å². The number of hydrogen-bond donors (Lipinski definition) is 1. The Kier molecular flexibility index (Phi) is 4.23. The highest BCUT2D eigenvalue weighted by atomic mass is 79.9. The fraction of sp³-hybridized carbons (Fsp3) is 0.143. The number of nitrogen functional groups attached to an aromatic ring is 1. The van der Waals surface area contributed by atoms with Gasteiger partial charge in [-0.15, -0.1) is 0 Å². The van der Waals surface area contributed by atoms with Gasteiger partial charge in [0.15, 0.2) is 12.4 Å². The normalized spacial score (nSPS) is 11.4. The number of halogens is 4. The monoisotopic (exact) mass is 345 g/mol. The van der Waals surface area contributed by atoms with E-state index in [1.165, 1.54) is 24.3 Å². The molecule has 0 heterocycles. The van der Waals surface area contributed by atoms with Crippen LogP contribution in [-0.2, 0) is 5.92 Å². The zero-order chi connectivity index (χ0) is 14.8. The van der Waals surface area contributed by atoms with Crippen molar-refractivity contribution in [2.24, 2.45) is 0 Å². The van der Waals surface area contributed by atoms with Gasteiger partial charge in [-0.25, -0.2) is 4.39 Å². The SMILES string of the molecule is Nc1cc(F)cc(Br)c1OCC(F)(F)c1ccccc1. The van der Waals surface area contributed by atoms with E-state index in [4.69, 9.17) is 10.5 Å². The maximum Gasteiger partial charge on any atom is 0.306 e. The molecule has 0 aliphatic rings. The second-order valence-corrected chi connectivity index (χ2v) is 5.02. The number of nitrogens with two attached hydrogens (primary N) is 1. The Balaban J connectivity index is 2.17. The zero-order valence-corrected chi connectivity index (χ0v) is 11.8. The first-order valence-electron chi connectivity index (χ1n) is 5.71. The average molecular weight is 346 g/mol. The second-order valence-electron chi connectivity index (χ2n) is 4.17. The maximum absolute atomic E-state index is 13.9. The molecule has 106 valence electrons. The molecule has 0 aliphatic carbocycles. The molecule has 0 unspecified atom stereocenters. The van der Waals surface area contributed by atoms with E-state index in [-0.39, 0.29) is 21.5 Å². The van der Waals surface area contributed by atoms with Gasteiger partial charge in [0.2, 0.25) is 0 Å². The van der Waals surface area contributed by atoms with Gasteiger partial charge in [-0.1, -0.05) is 30.3 Å². The Labute approximate surface area is 122 Å². The summed E-state index contributed by atoms with van der Waals surface area (Å²) in [6.07, 6.45) is 0.